The van der Waals surface area contributed by atoms with E-state index in [2.05, 4.69) is 4.98 Å². The number of aliphatic hydroxyl groups is 2. The fourth-order valence-corrected chi connectivity index (χ4v) is 2.66. The number of H-pyrrole nitrogens is 1. The van der Waals surface area contributed by atoms with Gasteiger partial charge in [-0.05, 0) is 25.7 Å². The minimum atomic E-state index is -0.748. The minimum absolute atomic E-state index is 0.00732. The van der Waals surface area contributed by atoms with Crippen LogP contribution >= 0.6 is 0 Å². The van der Waals surface area contributed by atoms with Crippen LogP contribution in [0.25, 0.3) is 0 Å². The molecule has 2 rings (SSSR count). The predicted molar refractivity (Wildman–Crippen MR) is 78.5 cm³/mol. The molecule has 1 fully saturated rings. The molecule has 2 heterocycles. The molecule has 122 valence electrons. The van der Waals surface area contributed by atoms with Crippen LogP contribution in [0.15, 0.2) is 15.8 Å². The fraction of sp³-hybridized carbons (Fsp3) is 0.643. The molecule has 1 amide bonds. The van der Waals surface area contributed by atoms with Crippen molar-refractivity contribution in [3.8, 4) is 0 Å². The monoisotopic (exact) mass is 311 g/mol. The second-order valence-electron chi connectivity index (χ2n) is 5.67. The van der Waals surface area contributed by atoms with Gasteiger partial charge < -0.3 is 15.1 Å². The van der Waals surface area contributed by atoms with Gasteiger partial charge in [-0.3, -0.25) is 19.1 Å². The van der Waals surface area contributed by atoms with E-state index >= 15 is 0 Å². The summed E-state index contributed by atoms with van der Waals surface area (Å²) in [7, 11) is 0. The number of carbonyl (C=O) groups excluding carboxylic acids is 1. The number of carbonyl (C=O) groups is 1. The third-order valence-electron chi connectivity index (χ3n) is 4.12. The molecule has 1 atom stereocenters. The summed E-state index contributed by atoms with van der Waals surface area (Å²) < 4.78 is 1.19. The Labute approximate surface area is 127 Å². The lowest BCUT2D eigenvalue weighted by atomic mass is 9.91. The molecule has 1 aromatic heterocycles. The summed E-state index contributed by atoms with van der Waals surface area (Å²) in [4.78, 5) is 39.0. The van der Waals surface area contributed by atoms with Gasteiger partial charge in [0.2, 0.25) is 5.91 Å². The predicted octanol–water partition coefficient (Wildman–Crippen LogP) is -1.56. The highest BCUT2D eigenvalue weighted by atomic mass is 16.3. The van der Waals surface area contributed by atoms with Crippen molar-refractivity contribution < 1.29 is 15.0 Å². The Bertz CT molecular complexity index is 643. The largest absolute Gasteiger partial charge is 0.394 e. The Hall–Kier alpha value is -1.93. The molecule has 1 aliphatic heterocycles. The number of aromatic amines is 1. The Balaban J connectivity index is 1.98. The van der Waals surface area contributed by atoms with Crippen LogP contribution in [0.4, 0.5) is 0 Å². The Morgan fingerprint density at radius 3 is 2.64 bits per heavy atom. The second-order valence-corrected chi connectivity index (χ2v) is 5.67. The van der Waals surface area contributed by atoms with Crippen molar-refractivity contribution in [3.63, 3.8) is 0 Å². The van der Waals surface area contributed by atoms with Crippen molar-refractivity contribution in [2.45, 2.75) is 32.4 Å². The first-order valence-electron chi connectivity index (χ1n) is 7.29. The van der Waals surface area contributed by atoms with Crippen LogP contribution < -0.4 is 11.2 Å². The summed E-state index contributed by atoms with van der Waals surface area (Å²) in [5, 5.41) is 18.5. The zero-order valence-electron chi connectivity index (χ0n) is 12.5. The van der Waals surface area contributed by atoms with Gasteiger partial charge in [0.25, 0.3) is 5.56 Å². The number of nitrogens with zero attached hydrogens (tertiary/aromatic N) is 2. The van der Waals surface area contributed by atoms with Crippen molar-refractivity contribution in [2.75, 3.05) is 19.7 Å². The van der Waals surface area contributed by atoms with Crippen molar-refractivity contribution >= 4 is 5.91 Å². The highest BCUT2D eigenvalue weighted by Crippen LogP contribution is 2.20. The lowest BCUT2D eigenvalue weighted by Crippen LogP contribution is -2.44. The summed E-state index contributed by atoms with van der Waals surface area (Å²) in [6.07, 6.45) is 1.86. The maximum absolute atomic E-state index is 12.2. The third kappa shape index (κ3) is 3.63. The second kappa shape index (κ2) is 6.89. The smallest absolute Gasteiger partial charge is 0.328 e. The van der Waals surface area contributed by atoms with Crippen molar-refractivity contribution in [1.82, 2.24) is 14.5 Å². The van der Waals surface area contributed by atoms with Crippen LogP contribution in [0.3, 0.4) is 0 Å². The summed E-state index contributed by atoms with van der Waals surface area (Å²) >= 11 is 0. The van der Waals surface area contributed by atoms with E-state index < -0.39 is 17.4 Å². The van der Waals surface area contributed by atoms with Gasteiger partial charge in [-0.15, -0.1) is 0 Å². The number of likely N-dealkylation sites (tertiary alicyclic amines) is 1. The molecule has 8 heteroatoms. The lowest BCUT2D eigenvalue weighted by Gasteiger charge is -2.33. The SMILES string of the molecule is Cc1cn(CC(=O)N2CCC(C(O)CO)CC2)c(=O)[nH]c1=O. The first-order valence-corrected chi connectivity index (χ1v) is 7.29. The first kappa shape index (κ1) is 16.4. The lowest BCUT2D eigenvalue weighted by molar-refractivity contribution is -0.134. The number of aryl methyl sites for hydroxylation is 1. The maximum atomic E-state index is 12.2. The summed E-state index contributed by atoms with van der Waals surface area (Å²) in [5.74, 6) is -0.211. The van der Waals surface area contributed by atoms with Gasteiger partial charge in [0.1, 0.15) is 6.54 Å². The van der Waals surface area contributed by atoms with Crippen LogP contribution in [0.1, 0.15) is 18.4 Å². The van der Waals surface area contributed by atoms with E-state index in [0.717, 1.165) is 0 Å². The number of aliphatic hydroxyl groups excluding tert-OH is 2. The molecule has 8 nitrogen and oxygen atoms in total. The maximum Gasteiger partial charge on any atom is 0.328 e. The number of aromatic nitrogens is 2. The van der Waals surface area contributed by atoms with E-state index in [1.807, 2.05) is 0 Å². The molecular weight excluding hydrogens is 290 g/mol. The molecule has 1 unspecified atom stereocenters. The normalized spacial score (nSPS) is 17.5. The van der Waals surface area contributed by atoms with Crippen LogP contribution in [0.5, 0.6) is 0 Å². The molecular formula is C14H21N3O5. The third-order valence-corrected chi connectivity index (χ3v) is 4.12. The molecule has 0 aromatic carbocycles. The van der Waals surface area contributed by atoms with Crippen LogP contribution in [-0.2, 0) is 11.3 Å². The first-order chi connectivity index (χ1) is 10.4. The van der Waals surface area contributed by atoms with E-state index in [9.17, 15) is 19.5 Å². The van der Waals surface area contributed by atoms with Crippen LogP contribution in [-0.4, -0.2) is 56.4 Å². The number of piperidine rings is 1. The molecule has 0 saturated carbocycles. The van der Waals surface area contributed by atoms with E-state index in [4.69, 9.17) is 5.11 Å². The van der Waals surface area contributed by atoms with Gasteiger partial charge in [-0.2, -0.15) is 0 Å². The zero-order valence-corrected chi connectivity index (χ0v) is 12.5. The average Bonchev–Trinajstić information content (AvgIpc) is 2.52. The van der Waals surface area contributed by atoms with Gasteiger partial charge in [-0.1, -0.05) is 0 Å². The van der Waals surface area contributed by atoms with Gasteiger partial charge in [0.05, 0.1) is 12.7 Å². The molecule has 0 bridgehead atoms. The van der Waals surface area contributed by atoms with Crippen molar-refractivity contribution in [3.05, 3.63) is 32.6 Å². The van der Waals surface area contributed by atoms with Crippen molar-refractivity contribution in [1.29, 1.82) is 0 Å². The Kier molecular flexibility index (Phi) is 5.15. The summed E-state index contributed by atoms with van der Waals surface area (Å²) in [5.41, 5.74) is -0.681. The highest BCUT2D eigenvalue weighted by molar-refractivity contribution is 5.76. The molecule has 22 heavy (non-hydrogen) atoms. The number of hydrogen-bond donors (Lipinski definition) is 3. The van der Waals surface area contributed by atoms with E-state index in [-0.39, 0.29) is 25.0 Å². The zero-order chi connectivity index (χ0) is 16.3. The van der Waals surface area contributed by atoms with Crippen LogP contribution in [0.2, 0.25) is 0 Å². The van der Waals surface area contributed by atoms with Gasteiger partial charge in [0.15, 0.2) is 0 Å². The Morgan fingerprint density at radius 1 is 1.41 bits per heavy atom. The minimum Gasteiger partial charge on any atom is -0.394 e. The summed E-state index contributed by atoms with van der Waals surface area (Å²) in [6.45, 7) is 2.14. The molecule has 0 spiro atoms. The topological polar surface area (TPSA) is 116 Å². The number of nitrogens with one attached hydrogen (secondary N) is 1. The van der Waals surface area contributed by atoms with Crippen LogP contribution in [0, 0.1) is 12.8 Å². The van der Waals surface area contributed by atoms with Gasteiger partial charge in [0, 0.05) is 24.8 Å². The van der Waals surface area contributed by atoms with Gasteiger partial charge >= 0.3 is 5.69 Å². The molecule has 1 saturated heterocycles. The molecule has 1 aromatic rings. The quantitative estimate of drug-likeness (QED) is 0.622. The number of rotatable bonds is 4. The van der Waals surface area contributed by atoms with Gasteiger partial charge in [-0.25, -0.2) is 4.79 Å². The number of hydrogen-bond acceptors (Lipinski definition) is 5. The van der Waals surface area contributed by atoms with Crippen molar-refractivity contribution in [2.24, 2.45) is 5.92 Å². The fourth-order valence-electron chi connectivity index (χ4n) is 2.66. The molecule has 0 radical (unpaired) electrons. The molecule has 1 aliphatic rings. The highest BCUT2D eigenvalue weighted by Gasteiger charge is 2.27. The van der Waals surface area contributed by atoms with E-state index in [1.165, 1.54) is 10.8 Å². The average molecular weight is 311 g/mol. The Morgan fingerprint density at radius 2 is 2.05 bits per heavy atom. The molecule has 3 N–H and O–H groups in total. The van der Waals surface area contributed by atoms with E-state index in [1.54, 1.807) is 11.8 Å². The molecule has 0 aliphatic carbocycles. The van der Waals surface area contributed by atoms with E-state index in [0.29, 0.717) is 31.5 Å². The standard InChI is InChI=1S/C14H21N3O5/c1-9-6-17(14(22)15-13(9)21)7-12(20)16-4-2-10(3-5-16)11(19)8-18/h6,10-11,18-19H,2-5,7-8H2,1H3,(H,15,21,22). The summed E-state index contributed by atoms with van der Waals surface area (Å²) in [6, 6.07) is 0. The number of amides is 1.